The SMILES string of the molecule is c1ccc(CNC2CCC2OCc2ccccc2)cc1.c1ccc(CNC2CCC2OCc2ccccc2)cc1. The van der Waals surface area contributed by atoms with Crippen molar-refractivity contribution in [3.05, 3.63) is 144 Å². The zero-order valence-corrected chi connectivity index (χ0v) is 23.3. The molecule has 4 nitrogen and oxygen atoms in total. The van der Waals surface area contributed by atoms with Crippen molar-refractivity contribution in [2.45, 2.75) is 76.3 Å². The van der Waals surface area contributed by atoms with Gasteiger partial charge in [0.1, 0.15) is 0 Å². The Hall–Kier alpha value is -3.28. The van der Waals surface area contributed by atoms with Gasteiger partial charge in [0.25, 0.3) is 0 Å². The standard InChI is InChI=1S/2C18H21NO/c2*1-3-7-15(8-4-1)13-19-17-11-12-18(17)20-14-16-9-5-2-6-10-16/h2*1-10,17-19H,11-14H2. The fourth-order valence-corrected chi connectivity index (χ4v) is 5.05. The normalized spacial score (nSPS) is 21.4. The molecule has 0 amide bonds. The van der Waals surface area contributed by atoms with Crippen LogP contribution in [0.15, 0.2) is 121 Å². The zero-order chi connectivity index (χ0) is 27.2. The van der Waals surface area contributed by atoms with Gasteiger partial charge in [0.2, 0.25) is 0 Å². The Bertz CT molecular complexity index is 1020. The van der Waals surface area contributed by atoms with Crippen LogP contribution < -0.4 is 10.6 Å². The topological polar surface area (TPSA) is 42.5 Å². The van der Waals surface area contributed by atoms with E-state index in [1.54, 1.807) is 0 Å². The largest absolute Gasteiger partial charge is 0.372 e. The Kier molecular flexibility index (Phi) is 10.9. The molecule has 2 saturated carbocycles. The van der Waals surface area contributed by atoms with Gasteiger partial charge in [-0.25, -0.2) is 0 Å². The van der Waals surface area contributed by atoms with Crippen LogP contribution in [0.1, 0.15) is 47.9 Å². The van der Waals surface area contributed by atoms with E-state index in [1.165, 1.54) is 47.9 Å². The summed E-state index contributed by atoms with van der Waals surface area (Å²) in [6, 6.07) is 42.9. The molecule has 4 aromatic carbocycles. The summed E-state index contributed by atoms with van der Waals surface area (Å²) in [7, 11) is 0. The van der Waals surface area contributed by atoms with Gasteiger partial charge >= 0.3 is 0 Å². The first kappa shape index (κ1) is 28.3. The van der Waals surface area contributed by atoms with E-state index in [1.807, 2.05) is 12.1 Å². The van der Waals surface area contributed by atoms with Gasteiger partial charge < -0.3 is 20.1 Å². The molecule has 0 aromatic heterocycles. The van der Waals surface area contributed by atoms with Crippen LogP contribution >= 0.6 is 0 Å². The quantitative estimate of drug-likeness (QED) is 0.204. The summed E-state index contributed by atoms with van der Waals surface area (Å²) in [5.41, 5.74) is 5.17. The van der Waals surface area contributed by atoms with E-state index < -0.39 is 0 Å². The molecular weight excluding hydrogens is 492 g/mol. The van der Waals surface area contributed by atoms with Gasteiger partial charge in [-0.15, -0.1) is 0 Å². The van der Waals surface area contributed by atoms with Crippen LogP contribution in [-0.4, -0.2) is 24.3 Å². The second kappa shape index (κ2) is 15.5. The zero-order valence-electron chi connectivity index (χ0n) is 23.3. The van der Waals surface area contributed by atoms with Gasteiger partial charge in [-0.1, -0.05) is 121 Å². The van der Waals surface area contributed by atoms with Crippen molar-refractivity contribution >= 4 is 0 Å². The van der Waals surface area contributed by atoms with Crippen LogP contribution in [0.5, 0.6) is 0 Å². The Balaban J connectivity index is 0.000000161. The molecule has 0 radical (unpaired) electrons. The Morgan fingerprint density at radius 1 is 0.425 bits per heavy atom. The first-order valence-corrected chi connectivity index (χ1v) is 14.7. The monoisotopic (exact) mass is 534 g/mol. The highest BCUT2D eigenvalue weighted by atomic mass is 16.5. The molecule has 40 heavy (non-hydrogen) atoms. The summed E-state index contributed by atoms with van der Waals surface area (Å²) >= 11 is 0. The van der Waals surface area contributed by atoms with Gasteiger partial charge in [0.05, 0.1) is 25.4 Å². The van der Waals surface area contributed by atoms with Crippen LogP contribution in [0.4, 0.5) is 0 Å². The van der Waals surface area contributed by atoms with Crippen LogP contribution in [0.25, 0.3) is 0 Å². The Labute approximate surface area is 239 Å². The van der Waals surface area contributed by atoms with Gasteiger partial charge in [-0.2, -0.15) is 0 Å². The highest BCUT2D eigenvalue weighted by Crippen LogP contribution is 2.26. The minimum atomic E-state index is 0.360. The van der Waals surface area contributed by atoms with Gasteiger partial charge in [-0.05, 0) is 47.9 Å². The lowest BCUT2D eigenvalue weighted by Crippen LogP contribution is -2.48. The molecular formula is C36H42N2O2. The highest BCUT2D eigenvalue weighted by molar-refractivity contribution is 5.17. The van der Waals surface area contributed by atoms with Crippen molar-refractivity contribution in [3.8, 4) is 0 Å². The summed E-state index contributed by atoms with van der Waals surface area (Å²) < 4.78 is 12.0. The Morgan fingerprint density at radius 3 is 1.05 bits per heavy atom. The lowest BCUT2D eigenvalue weighted by atomic mass is 9.88. The van der Waals surface area contributed by atoms with Crippen molar-refractivity contribution in [2.75, 3.05) is 0 Å². The van der Waals surface area contributed by atoms with Crippen molar-refractivity contribution < 1.29 is 9.47 Å². The van der Waals surface area contributed by atoms with E-state index in [9.17, 15) is 0 Å². The second-order valence-electron chi connectivity index (χ2n) is 10.8. The molecule has 0 aliphatic heterocycles. The van der Waals surface area contributed by atoms with E-state index >= 15 is 0 Å². The minimum Gasteiger partial charge on any atom is -0.372 e. The number of rotatable bonds is 12. The van der Waals surface area contributed by atoms with E-state index in [2.05, 4.69) is 120 Å². The molecule has 2 aliphatic carbocycles. The fourth-order valence-electron chi connectivity index (χ4n) is 5.05. The number of nitrogens with one attached hydrogen (secondary N) is 2. The number of hydrogen-bond donors (Lipinski definition) is 2. The summed E-state index contributed by atoms with van der Waals surface area (Å²) in [4.78, 5) is 0. The maximum Gasteiger partial charge on any atom is 0.0733 e. The van der Waals surface area contributed by atoms with E-state index in [-0.39, 0.29) is 0 Å². The molecule has 6 rings (SSSR count). The number of ether oxygens (including phenoxy) is 2. The average molecular weight is 535 g/mol. The van der Waals surface area contributed by atoms with E-state index in [0.29, 0.717) is 24.3 Å². The van der Waals surface area contributed by atoms with Gasteiger partial charge in [0, 0.05) is 25.2 Å². The van der Waals surface area contributed by atoms with Crippen LogP contribution in [0, 0.1) is 0 Å². The first-order valence-electron chi connectivity index (χ1n) is 14.7. The van der Waals surface area contributed by atoms with Crippen molar-refractivity contribution in [1.82, 2.24) is 10.6 Å². The van der Waals surface area contributed by atoms with Gasteiger partial charge in [0.15, 0.2) is 0 Å². The molecule has 0 saturated heterocycles. The predicted octanol–water partition coefficient (Wildman–Crippen LogP) is 7.05. The van der Waals surface area contributed by atoms with Crippen molar-refractivity contribution in [1.29, 1.82) is 0 Å². The molecule has 2 N–H and O–H groups in total. The van der Waals surface area contributed by atoms with E-state index in [0.717, 1.165) is 26.3 Å². The molecule has 4 heteroatoms. The van der Waals surface area contributed by atoms with Crippen molar-refractivity contribution in [2.24, 2.45) is 0 Å². The predicted molar refractivity (Wildman–Crippen MR) is 163 cm³/mol. The minimum absolute atomic E-state index is 0.360. The fraction of sp³-hybridized carbons (Fsp3) is 0.333. The van der Waals surface area contributed by atoms with Crippen LogP contribution in [-0.2, 0) is 35.8 Å². The Morgan fingerprint density at radius 2 is 0.750 bits per heavy atom. The molecule has 0 heterocycles. The summed E-state index contributed by atoms with van der Waals surface area (Å²) in [5, 5.41) is 7.19. The molecule has 2 fully saturated rings. The maximum atomic E-state index is 6.00. The van der Waals surface area contributed by atoms with E-state index in [4.69, 9.17) is 9.47 Å². The van der Waals surface area contributed by atoms with Crippen LogP contribution in [0.3, 0.4) is 0 Å². The third-order valence-electron chi connectivity index (χ3n) is 7.86. The summed E-state index contributed by atoms with van der Waals surface area (Å²) in [5.74, 6) is 0. The number of hydrogen-bond acceptors (Lipinski definition) is 4. The third kappa shape index (κ3) is 8.87. The third-order valence-corrected chi connectivity index (χ3v) is 7.86. The molecule has 208 valence electrons. The molecule has 4 unspecified atom stereocenters. The highest BCUT2D eigenvalue weighted by Gasteiger charge is 2.31. The summed E-state index contributed by atoms with van der Waals surface area (Å²) in [6.45, 7) is 3.29. The first-order chi connectivity index (χ1) is 19.8. The lowest BCUT2D eigenvalue weighted by molar-refractivity contribution is -0.0364. The molecule has 4 atom stereocenters. The smallest absolute Gasteiger partial charge is 0.0733 e. The molecule has 0 spiro atoms. The van der Waals surface area contributed by atoms with Gasteiger partial charge in [-0.3, -0.25) is 0 Å². The van der Waals surface area contributed by atoms with Crippen molar-refractivity contribution in [3.63, 3.8) is 0 Å². The maximum absolute atomic E-state index is 6.00. The molecule has 2 aliphatic rings. The number of benzene rings is 4. The lowest BCUT2D eigenvalue weighted by Gasteiger charge is -2.37. The molecule has 4 aromatic rings. The average Bonchev–Trinajstić information content (AvgIpc) is 2.99. The van der Waals surface area contributed by atoms with Crippen LogP contribution in [0.2, 0.25) is 0 Å². The summed E-state index contributed by atoms with van der Waals surface area (Å²) in [6.07, 6.45) is 5.48. The molecule has 0 bridgehead atoms. The second-order valence-corrected chi connectivity index (χ2v) is 10.8.